The lowest BCUT2D eigenvalue weighted by Crippen LogP contribution is -2.59. The van der Waals surface area contributed by atoms with Crippen LogP contribution < -0.4 is 21.7 Å². The highest BCUT2D eigenvalue weighted by Crippen LogP contribution is 2.32. The number of anilines is 1. The Morgan fingerprint density at radius 2 is 1.79 bits per heavy atom. The fourth-order valence-electron chi connectivity index (χ4n) is 8.19. The molecule has 3 rings (SSSR count). The number of hydrogen-bond donors (Lipinski definition) is 5. The number of aliphatic carboxylic acids is 1. The minimum Gasteiger partial charge on any atom is -0.481 e. The van der Waals surface area contributed by atoms with Crippen molar-refractivity contribution >= 4 is 46.6 Å². The van der Waals surface area contributed by atoms with Crippen molar-refractivity contribution in [3.05, 3.63) is 58.6 Å². The molecule has 2 heterocycles. The number of likely N-dealkylation sites (tertiary alicyclic amines) is 1. The van der Waals surface area contributed by atoms with Crippen LogP contribution in [-0.2, 0) is 30.3 Å². The van der Waals surface area contributed by atoms with Gasteiger partial charge in [-0.3, -0.25) is 28.9 Å². The van der Waals surface area contributed by atoms with Crippen LogP contribution in [0, 0.1) is 17.3 Å². The van der Waals surface area contributed by atoms with Crippen molar-refractivity contribution in [3.63, 3.8) is 0 Å². The third-order valence-corrected chi connectivity index (χ3v) is 12.9. The zero-order valence-electron chi connectivity index (χ0n) is 38.5. The van der Waals surface area contributed by atoms with E-state index in [1.54, 1.807) is 37.4 Å². The van der Waals surface area contributed by atoms with Gasteiger partial charge in [-0.25, -0.2) is 4.98 Å². The van der Waals surface area contributed by atoms with E-state index in [1.165, 1.54) is 11.3 Å². The Bertz CT molecular complexity index is 1750. The summed E-state index contributed by atoms with van der Waals surface area (Å²) < 4.78 is 6.36. The van der Waals surface area contributed by atoms with E-state index in [9.17, 15) is 24.3 Å². The number of ether oxygens (including phenoxy) is 1. The van der Waals surface area contributed by atoms with E-state index in [-0.39, 0.29) is 60.3 Å². The summed E-state index contributed by atoms with van der Waals surface area (Å²) in [4.78, 5) is 75.5. The average molecular weight is 882 g/mol. The maximum atomic E-state index is 15.0. The fraction of sp³-hybridized carbons (Fsp3) is 0.660. The number of likely N-dealkylation sites (N-methyl/N-ethyl adjacent to an activating group) is 1. The second-order valence-corrected chi connectivity index (χ2v) is 18.5. The number of thiazole rings is 1. The fourth-order valence-corrected chi connectivity index (χ4v) is 9.05. The van der Waals surface area contributed by atoms with E-state index < -0.39 is 35.5 Å². The van der Waals surface area contributed by atoms with Crippen LogP contribution in [0.25, 0.3) is 0 Å². The summed E-state index contributed by atoms with van der Waals surface area (Å²) in [5.74, 6) is -2.24. The molecule has 0 unspecified atom stereocenters. The van der Waals surface area contributed by atoms with Crippen molar-refractivity contribution in [1.82, 2.24) is 25.4 Å². The smallest absolute Gasteiger partial charge is 0.309 e. The van der Waals surface area contributed by atoms with Gasteiger partial charge in [0.1, 0.15) is 22.8 Å². The van der Waals surface area contributed by atoms with Crippen molar-refractivity contribution in [2.24, 2.45) is 23.0 Å². The molecular formula is C47H75N7O7S. The molecule has 14 nitrogen and oxygen atoms in total. The second kappa shape index (κ2) is 25.8. The number of benzene rings is 1. The second-order valence-electron chi connectivity index (χ2n) is 17.7. The molecule has 346 valence electrons. The lowest BCUT2D eigenvalue weighted by atomic mass is 9.84. The summed E-state index contributed by atoms with van der Waals surface area (Å²) in [5.41, 5.74) is 5.90. The van der Waals surface area contributed by atoms with Crippen LogP contribution >= 0.6 is 11.3 Å². The average Bonchev–Trinajstić information content (AvgIpc) is 3.74. The predicted molar refractivity (Wildman–Crippen MR) is 247 cm³/mol. The maximum Gasteiger partial charge on any atom is 0.309 e. The van der Waals surface area contributed by atoms with Gasteiger partial charge in [0, 0.05) is 48.6 Å². The first kappa shape index (κ1) is 52.2. The molecule has 1 aliphatic rings. The Hall–Kier alpha value is -4.18. The number of nitrogens with two attached hydrogens (primary N) is 1. The normalized spacial score (nSPS) is 17.0. The molecule has 0 aliphatic carbocycles. The highest BCUT2D eigenvalue weighted by molar-refractivity contribution is 7.09. The van der Waals surface area contributed by atoms with Crippen LogP contribution in [0.2, 0.25) is 0 Å². The van der Waals surface area contributed by atoms with Gasteiger partial charge >= 0.3 is 5.97 Å². The number of carboxylic acids is 1. The predicted octanol–water partition coefficient (Wildman–Crippen LogP) is 6.96. The van der Waals surface area contributed by atoms with Crippen LogP contribution in [0.1, 0.15) is 140 Å². The maximum absolute atomic E-state index is 15.0. The van der Waals surface area contributed by atoms with E-state index in [0.717, 1.165) is 57.1 Å². The first-order chi connectivity index (χ1) is 29.5. The lowest BCUT2D eigenvalue weighted by molar-refractivity contribution is -0.147. The molecule has 0 spiro atoms. The molecule has 1 saturated heterocycles. The third-order valence-electron chi connectivity index (χ3n) is 12.0. The van der Waals surface area contributed by atoms with E-state index in [0.29, 0.717) is 43.1 Å². The summed E-state index contributed by atoms with van der Waals surface area (Å²) >= 11 is 1.31. The van der Waals surface area contributed by atoms with Gasteiger partial charge in [0.05, 0.1) is 18.0 Å². The molecule has 1 aromatic carbocycles. The van der Waals surface area contributed by atoms with Crippen LogP contribution in [0.15, 0.2) is 42.3 Å². The Balaban J connectivity index is 1.92. The molecule has 2 aromatic rings. The van der Waals surface area contributed by atoms with Gasteiger partial charge in [0.15, 0.2) is 0 Å². The van der Waals surface area contributed by atoms with Crippen molar-refractivity contribution < 1.29 is 33.8 Å². The quantitative estimate of drug-likeness (QED) is 0.0462. The van der Waals surface area contributed by atoms with Gasteiger partial charge in [0.2, 0.25) is 17.7 Å². The summed E-state index contributed by atoms with van der Waals surface area (Å²) in [6.07, 6.45) is 9.45. The van der Waals surface area contributed by atoms with Gasteiger partial charge in [0.25, 0.3) is 5.91 Å². The Morgan fingerprint density at radius 1 is 1.08 bits per heavy atom. The summed E-state index contributed by atoms with van der Waals surface area (Å²) in [5, 5.41) is 21.2. The molecule has 0 saturated carbocycles. The molecule has 15 heteroatoms. The highest BCUT2D eigenvalue weighted by Gasteiger charge is 2.39. The molecule has 6 atom stereocenters. The van der Waals surface area contributed by atoms with Gasteiger partial charge in [-0.2, -0.15) is 0 Å². The van der Waals surface area contributed by atoms with Crippen molar-refractivity contribution in [2.75, 3.05) is 38.6 Å². The topological polar surface area (TPSA) is 196 Å². The Morgan fingerprint density at radius 3 is 2.37 bits per heavy atom. The van der Waals surface area contributed by atoms with Crippen molar-refractivity contribution in [1.29, 1.82) is 0 Å². The van der Waals surface area contributed by atoms with Crippen molar-refractivity contribution in [3.8, 4) is 0 Å². The van der Waals surface area contributed by atoms with Crippen LogP contribution in [0.3, 0.4) is 0 Å². The number of hydrogen-bond acceptors (Lipinski definition) is 10. The number of unbranched alkanes of at least 4 members (excludes halogenated alkanes) is 3. The summed E-state index contributed by atoms with van der Waals surface area (Å²) in [6.45, 7) is 19.2. The number of carbonyl (C=O) groups is 5. The monoisotopic (exact) mass is 882 g/mol. The van der Waals surface area contributed by atoms with Gasteiger partial charge in [-0.05, 0) is 96.5 Å². The van der Waals surface area contributed by atoms with Gasteiger partial charge in [-0.15, -0.1) is 17.9 Å². The largest absolute Gasteiger partial charge is 0.481 e. The number of carboxylic acid groups (broad SMARTS) is 1. The standard InChI is InChI=1S/C47H75N7O7S/c1-10-14-15-17-25-54(45(58)41(33(11-2)12-3)52-43(57)37-19-16-18-24-53(37)9)38(31(5)6)27-39(61-13-4)44-51-36(30-62-44)42(56)50-35(28-47(7,8)46(59)60)26-32-20-22-34(23-21-32)49-40(55)29-48/h11,20-23,30-31,33,35,37-39,41H,2,10,12-19,24-29,48H2,1,3-9H3,(H,49,55)(H,50,56)(H,52,57)(H,59,60)/t33-,35-,37+,38+,39+,41-/m0/s1. The van der Waals surface area contributed by atoms with E-state index >= 15 is 4.79 Å². The number of piperidine rings is 1. The zero-order valence-corrected chi connectivity index (χ0v) is 39.4. The number of aromatic nitrogens is 1. The number of nitrogens with zero attached hydrogens (tertiary/aromatic N) is 3. The zero-order chi connectivity index (χ0) is 46.0. The number of rotatable bonds is 27. The third kappa shape index (κ3) is 15.6. The number of nitrogens with one attached hydrogen (secondary N) is 3. The van der Waals surface area contributed by atoms with Crippen LogP contribution in [0.5, 0.6) is 0 Å². The lowest BCUT2D eigenvalue weighted by Gasteiger charge is -2.40. The van der Waals surface area contributed by atoms with E-state index in [4.69, 9.17) is 15.5 Å². The van der Waals surface area contributed by atoms with Gasteiger partial charge < -0.3 is 36.4 Å². The van der Waals surface area contributed by atoms with Gasteiger partial charge in [-0.1, -0.05) is 71.6 Å². The number of amides is 4. The number of carbonyl (C=O) groups excluding carboxylic acids is 4. The molecular weight excluding hydrogens is 807 g/mol. The SMILES string of the molecule is C=C[C@@H](CC)[C@H](NC(=O)[C@H]1CCCCN1C)C(=O)N(CCCCCC)[C@H](C[C@@H](OCC)c1nc(C(=O)N[C@@H](Cc2ccc(NC(=O)CN)cc2)CC(C)(C)C(=O)O)cs1)C(C)C. The molecule has 0 radical (unpaired) electrons. The first-order valence-electron chi connectivity index (χ1n) is 22.6. The van der Waals surface area contributed by atoms with Crippen LogP contribution in [0.4, 0.5) is 5.69 Å². The molecule has 62 heavy (non-hydrogen) atoms. The Kier molecular flexibility index (Phi) is 21.7. The molecule has 6 N–H and O–H groups in total. The first-order valence-corrected chi connectivity index (χ1v) is 23.5. The molecule has 1 fully saturated rings. The Labute approximate surface area is 374 Å². The van der Waals surface area contributed by atoms with Crippen LogP contribution in [-0.4, -0.2) is 107 Å². The van der Waals surface area contributed by atoms with E-state index in [2.05, 4.69) is 48.2 Å². The minimum atomic E-state index is -1.14. The van der Waals surface area contributed by atoms with Crippen molar-refractivity contribution in [2.45, 2.75) is 149 Å². The molecule has 1 aliphatic heterocycles. The highest BCUT2D eigenvalue weighted by atomic mass is 32.1. The minimum absolute atomic E-state index is 0.0183. The summed E-state index contributed by atoms with van der Waals surface area (Å²) in [6, 6.07) is 5.22. The molecule has 1 aromatic heterocycles. The molecule has 4 amide bonds. The van der Waals surface area contributed by atoms with E-state index in [1.807, 2.05) is 37.9 Å². The molecule has 0 bridgehead atoms. The summed E-state index contributed by atoms with van der Waals surface area (Å²) in [7, 11) is 1.97.